The van der Waals surface area contributed by atoms with Gasteiger partial charge >= 0.3 is 0 Å². The third kappa shape index (κ3) is 2.35. The van der Waals surface area contributed by atoms with Crippen LogP contribution in [-0.2, 0) is 0 Å². The van der Waals surface area contributed by atoms with Gasteiger partial charge in [-0.15, -0.1) is 6.58 Å². The van der Waals surface area contributed by atoms with Gasteiger partial charge in [-0.2, -0.15) is 0 Å². The van der Waals surface area contributed by atoms with Gasteiger partial charge in [0, 0.05) is 0 Å². The highest BCUT2D eigenvalue weighted by molar-refractivity contribution is 5.32. The van der Waals surface area contributed by atoms with E-state index in [2.05, 4.69) is 26.5 Å². The Morgan fingerprint density at radius 3 is 2.60 bits per heavy atom. The number of rotatable bonds is 2. The summed E-state index contributed by atoms with van der Waals surface area (Å²) in [6.07, 6.45) is 10.6. The molecule has 0 radical (unpaired) electrons. The topological polar surface area (TPSA) is 60.7 Å². The Morgan fingerprint density at radius 2 is 1.88 bits per heavy atom. The lowest BCUT2D eigenvalue weighted by atomic mass is 9.44. The molecule has 4 rings (SSSR count). The highest BCUT2D eigenvalue weighted by Gasteiger charge is 2.63. The minimum absolute atomic E-state index is 0.0633. The lowest BCUT2D eigenvalue weighted by Crippen LogP contribution is -2.59. The Hall–Kier alpha value is -0.640. The van der Waals surface area contributed by atoms with Crippen LogP contribution in [0.3, 0.4) is 0 Å². The second kappa shape index (κ2) is 5.68. The summed E-state index contributed by atoms with van der Waals surface area (Å²) in [5, 5.41) is 32.6. The van der Waals surface area contributed by atoms with Gasteiger partial charge in [-0.05, 0) is 80.0 Å². The van der Waals surface area contributed by atoms with Crippen molar-refractivity contribution in [2.45, 2.75) is 83.0 Å². The smallest absolute Gasteiger partial charge is 0.0898 e. The van der Waals surface area contributed by atoms with Gasteiger partial charge in [0.15, 0.2) is 0 Å². The van der Waals surface area contributed by atoms with Crippen LogP contribution in [0.15, 0.2) is 24.3 Å². The molecule has 140 valence electrons. The number of fused-ring (bicyclic) bond motifs is 5. The first-order chi connectivity index (χ1) is 11.7. The number of hydrogen-bond donors (Lipinski definition) is 3. The normalized spacial score (nSPS) is 54.9. The Balaban J connectivity index is 1.82. The van der Waals surface area contributed by atoms with E-state index in [1.54, 1.807) is 0 Å². The maximum Gasteiger partial charge on any atom is 0.0898 e. The Labute approximate surface area is 151 Å². The fraction of sp³-hybridized carbons (Fsp3) is 0.818. The highest BCUT2D eigenvalue weighted by atomic mass is 16.3. The molecule has 0 aromatic rings. The summed E-state index contributed by atoms with van der Waals surface area (Å²) >= 11 is 0. The fourth-order valence-corrected chi connectivity index (χ4v) is 7.21. The second-order valence-electron chi connectivity index (χ2n) is 9.84. The van der Waals surface area contributed by atoms with Gasteiger partial charge < -0.3 is 15.3 Å². The van der Waals surface area contributed by atoms with Gasteiger partial charge in [0.05, 0.1) is 17.8 Å². The number of aliphatic hydroxyl groups is 3. The third-order valence-electron chi connectivity index (χ3n) is 8.70. The summed E-state index contributed by atoms with van der Waals surface area (Å²) in [7, 11) is 0. The first-order valence-corrected chi connectivity index (χ1v) is 10.2. The zero-order valence-corrected chi connectivity index (χ0v) is 15.7. The molecule has 8 atom stereocenters. The Kier molecular flexibility index (Phi) is 4.03. The molecule has 25 heavy (non-hydrogen) atoms. The van der Waals surface area contributed by atoms with E-state index in [4.69, 9.17) is 0 Å². The SMILES string of the molecule is C=CC[C@@]1(O)C=C2C[C@@H](O)CC[C@]2(C)[C@H]2CC[C@]3(C)[C@@H](O)CC[C@H]3[C@@H]21. The van der Waals surface area contributed by atoms with E-state index in [0.29, 0.717) is 24.7 Å². The molecule has 0 aromatic carbocycles. The molecule has 3 saturated carbocycles. The minimum Gasteiger partial charge on any atom is -0.393 e. The number of hydrogen-bond acceptors (Lipinski definition) is 3. The molecule has 0 unspecified atom stereocenters. The van der Waals surface area contributed by atoms with Gasteiger partial charge in [-0.3, -0.25) is 0 Å². The van der Waals surface area contributed by atoms with Gasteiger partial charge in [0.25, 0.3) is 0 Å². The van der Waals surface area contributed by atoms with E-state index >= 15 is 0 Å². The summed E-state index contributed by atoms with van der Waals surface area (Å²) in [6.45, 7) is 8.51. The van der Waals surface area contributed by atoms with E-state index in [1.807, 2.05) is 6.08 Å². The molecular weight excluding hydrogens is 312 g/mol. The van der Waals surface area contributed by atoms with Crippen LogP contribution in [0.4, 0.5) is 0 Å². The lowest BCUT2D eigenvalue weighted by Gasteiger charge is -2.61. The molecule has 3 nitrogen and oxygen atoms in total. The summed E-state index contributed by atoms with van der Waals surface area (Å²) < 4.78 is 0. The van der Waals surface area contributed by atoms with Crippen LogP contribution in [0, 0.1) is 28.6 Å². The van der Waals surface area contributed by atoms with E-state index in [0.717, 1.165) is 38.5 Å². The highest BCUT2D eigenvalue weighted by Crippen LogP contribution is 2.67. The minimum atomic E-state index is -0.880. The molecule has 3 heteroatoms. The van der Waals surface area contributed by atoms with Gasteiger partial charge in [-0.25, -0.2) is 0 Å². The van der Waals surface area contributed by atoms with Crippen molar-refractivity contribution in [2.24, 2.45) is 28.6 Å². The van der Waals surface area contributed by atoms with Crippen molar-refractivity contribution in [2.75, 3.05) is 0 Å². The third-order valence-corrected chi connectivity index (χ3v) is 8.70. The quantitative estimate of drug-likeness (QED) is 0.670. The molecular formula is C22H34O3. The van der Waals surface area contributed by atoms with Gasteiger partial charge in [-0.1, -0.05) is 31.6 Å². The standard InChI is InChI=1S/C22H34O3/c1-4-9-22(25)13-14-12-15(23)7-10-20(14,2)17-8-11-21(3)16(19(17)22)5-6-18(21)24/h4,13,15-19,23-25H,1,5-12H2,2-3H3/t15-,16-,17-,18-,19-,20-,21-,22+/m0/s1. The molecule has 4 aliphatic carbocycles. The average Bonchev–Trinajstić information content (AvgIpc) is 2.85. The first-order valence-electron chi connectivity index (χ1n) is 10.2. The van der Waals surface area contributed by atoms with Crippen LogP contribution in [-0.4, -0.2) is 33.1 Å². The fourth-order valence-electron chi connectivity index (χ4n) is 7.21. The average molecular weight is 347 g/mol. The van der Waals surface area contributed by atoms with Crippen molar-refractivity contribution in [3.63, 3.8) is 0 Å². The molecule has 0 aliphatic heterocycles. The summed E-state index contributed by atoms with van der Waals surface area (Å²) in [4.78, 5) is 0. The molecule has 0 heterocycles. The largest absolute Gasteiger partial charge is 0.393 e. The molecule has 0 saturated heterocycles. The molecule has 0 amide bonds. The van der Waals surface area contributed by atoms with Crippen molar-refractivity contribution in [3.05, 3.63) is 24.3 Å². The van der Waals surface area contributed by atoms with E-state index < -0.39 is 5.60 Å². The second-order valence-corrected chi connectivity index (χ2v) is 9.84. The van der Waals surface area contributed by atoms with E-state index in [9.17, 15) is 15.3 Å². The van der Waals surface area contributed by atoms with Crippen molar-refractivity contribution in [1.82, 2.24) is 0 Å². The van der Waals surface area contributed by atoms with E-state index in [1.165, 1.54) is 5.57 Å². The maximum absolute atomic E-state index is 11.7. The summed E-state index contributed by atoms with van der Waals surface area (Å²) in [5.74, 6) is 0.992. The van der Waals surface area contributed by atoms with Crippen molar-refractivity contribution < 1.29 is 15.3 Å². The van der Waals surface area contributed by atoms with Crippen LogP contribution in [0.5, 0.6) is 0 Å². The zero-order chi connectivity index (χ0) is 18.0. The molecule has 0 spiro atoms. The Bertz CT molecular complexity index is 598. The van der Waals surface area contributed by atoms with Crippen LogP contribution >= 0.6 is 0 Å². The number of aliphatic hydroxyl groups excluding tert-OH is 2. The van der Waals surface area contributed by atoms with Gasteiger partial charge in [0.1, 0.15) is 0 Å². The predicted octanol–water partition coefficient (Wildman–Crippen LogP) is 3.59. The predicted molar refractivity (Wildman–Crippen MR) is 98.9 cm³/mol. The summed E-state index contributed by atoms with van der Waals surface area (Å²) in [6, 6.07) is 0. The lowest BCUT2D eigenvalue weighted by molar-refractivity contribution is -0.143. The summed E-state index contributed by atoms with van der Waals surface area (Å²) in [5.41, 5.74) is 0.409. The molecule has 3 N–H and O–H groups in total. The van der Waals surface area contributed by atoms with Gasteiger partial charge in [0.2, 0.25) is 0 Å². The van der Waals surface area contributed by atoms with Crippen molar-refractivity contribution in [1.29, 1.82) is 0 Å². The molecule has 3 fully saturated rings. The van der Waals surface area contributed by atoms with Crippen LogP contribution in [0.2, 0.25) is 0 Å². The van der Waals surface area contributed by atoms with E-state index in [-0.39, 0.29) is 29.0 Å². The van der Waals surface area contributed by atoms with Crippen LogP contribution in [0.1, 0.15) is 65.2 Å². The van der Waals surface area contributed by atoms with Crippen LogP contribution in [0.25, 0.3) is 0 Å². The molecule has 0 aromatic heterocycles. The monoisotopic (exact) mass is 346 g/mol. The van der Waals surface area contributed by atoms with Crippen molar-refractivity contribution >= 4 is 0 Å². The van der Waals surface area contributed by atoms with Crippen molar-refractivity contribution in [3.8, 4) is 0 Å². The first kappa shape index (κ1) is 17.8. The zero-order valence-electron chi connectivity index (χ0n) is 15.7. The molecule has 0 bridgehead atoms. The maximum atomic E-state index is 11.7. The van der Waals surface area contributed by atoms with Crippen LogP contribution < -0.4 is 0 Å². The molecule has 4 aliphatic rings. The Morgan fingerprint density at radius 1 is 1.12 bits per heavy atom.